The molecule has 0 aliphatic heterocycles. The fourth-order valence-corrected chi connectivity index (χ4v) is 1.57. The molecule has 1 N–H and O–H groups in total. The standard InChI is InChI=1S/C12H8BrF2NO/c13-12(14,15)11(17)16-10-6-5-8-3-1-2-4-9(8)7-10/h1-7H,(H,16,17). The van der Waals surface area contributed by atoms with Crippen molar-refractivity contribution in [1.29, 1.82) is 0 Å². The van der Waals surface area contributed by atoms with Crippen LogP contribution in [0.3, 0.4) is 0 Å². The van der Waals surface area contributed by atoms with Crippen LogP contribution in [-0.4, -0.2) is 10.7 Å². The van der Waals surface area contributed by atoms with E-state index in [-0.39, 0.29) is 0 Å². The van der Waals surface area contributed by atoms with Crippen LogP contribution in [0.5, 0.6) is 0 Å². The third kappa shape index (κ3) is 2.79. The van der Waals surface area contributed by atoms with Crippen LogP contribution in [0.2, 0.25) is 0 Å². The minimum Gasteiger partial charge on any atom is -0.320 e. The van der Waals surface area contributed by atoms with Gasteiger partial charge in [0.05, 0.1) is 0 Å². The second-order valence-electron chi connectivity index (χ2n) is 3.51. The fourth-order valence-electron chi connectivity index (χ4n) is 1.47. The van der Waals surface area contributed by atoms with Crippen LogP contribution in [0.4, 0.5) is 14.5 Å². The average molecular weight is 300 g/mol. The number of amides is 1. The van der Waals surface area contributed by atoms with Crippen LogP contribution in [0.25, 0.3) is 10.8 Å². The third-order valence-electron chi connectivity index (χ3n) is 2.26. The first-order valence-electron chi connectivity index (χ1n) is 4.84. The van der Waals surface area contributed by atoms with Gasteiger partial charge in [0.25, 0.3) is 0 Å². The maximum Gasteiger partial charge on any atom is 0.378 e. The molecule has 0 heterocycles. The number of benzene rings is 2. The molecule has 0 spiro atoms. The minimum atomic E-state index is -3.56. The molecule has 5 heteroatoms. The van der Waals surface area contributed by atoms with Gasteiger partial charge in [-0.05, 0) is 22.9 Å². The van der Waals surface area contributed by atoms with Crippen LogP contribution >= 0.6 is 15.9 Å². The van der Waals surface area contributed by atoms with Crippen molar-refractivity contribution in [3.63, 3.8) is 0 Å². The number of nitrogens with one attached hydrogen (secondary N) is 1. The predicted octanol–water partition coefficient (Wildman–Crippen LogP) is 3.77. The van der Waals surface area contributed by atoms with Gasteiger partial charge >= 0.3 is 10.7 Å². The molecular formula is C12H8BrF2NO. The summed E-state index contributed by atoms with van der Waals surface area (Å²) >= 11 is 2.01. The lowest BCUT2D eigenvalue weighted by molar-refractivity contribution is -0.128. The van der Waals surface area contributed by atoms with E-state index in [0.29, 0.717) is 5.69 Å². The molecule has 0 saturated heterocycles. The van der Waals surface area contributed by atoms with E-state index >= 15 is 0 Å². The summed E-state index contributed by atoms with van der Waals surface area (Å²) in [6, 6.07) is 12.5. The van der Waals surface area contributed by atoms with Gasteiger partial charge in [0.2, 0.25) is 0 Å². The van der Waals surface area contributed by atoms with E-state index < -0.39 is 10.7 Å². The van der Waals surface area contributed by atoms with Crippen molar-refractivity contribution in [1.82, 2.24) is 0 Å². The van der Waals surface area contributed by atoms with E-state index in [1.807, 2.05) is 40.2 Å². The van der Waals surface area contributed by atoms with E-state index in [1.54, 1.807) is 18.2 Å². The lowest BCUT2D eigenvalue weighted by Gasteiger charge is -2.09. The second kappa shape index (κ2) is 4.41. The summed E-state index contributed by atoms with van der Waals surface area (Å²) in [4.78, 5) is 7.51. The van der Waals surface area contributed by atoms with Crippen molar-refractivity contribution in [3.05, 3.63) is 42.5 Å². The first-order valence-corrected chi connectivity index (χ1v) is 5.63. The number of rotatable bonds is 2. The van der Waals surface area contributed by atoms with Crippen molar-refractivity contribution in [3.8, 4) is 0 Å². The summed E-state index contributed by atoms with van der Waals surface area (Å²) in [5, 5.41) is 4.00. The first-order chi connectivity index (χ1) is 7.97. The van der Waals surface area contributed by atoms with Gasteiger partial charge in [0.15, 0.2) is 0 Å². The Kier molecular flexibility index (Phi) is 3.11. The van der Waals surface area contributed by atoms with Crippen LogP contribution in [0, 0.1) is 0 Å². The van der Waals surface area contributed by atoms with E-state index in [1.165, 1.54) is 0 Å². The molecule has 2 aromatic carbocycles. The van der Waals surface area contributed by atoms with Crippen LogP contribution < -0.4 is 5.32 Å². The molecule has 88 valence electrons. The Morgan fingerprint density at radius 2 is 1.76 bits per heavy atom. The molecule has 2 aromatic rings. The SMILES string of the molecule is O=C(Nc1ccc2ccccc2c1)C(F)(F)Br. The average Bonchev–Trinajstić information content (AvgIpc) is 2.27. The van der Waals surface area contributed by atoms with Crippen molar-refractivity contribution in [2.75, 3.05) is 5.32 Å². The normalized spacial score (nSPS) is 11.5. The fraction of sp³-hybridized carbons (Fsp3) is 0.0833. The number of hydrogen-bond donors (Lipinski definition) is 1. The summed E-state index contributed by atoms with van der Waals surface area (Å²) in [5.74, 6) is -1.38. The van der Waals surface area contributed by atoms with Gasteiger partial charge in [-0.15, -0.1) is 0 Å². The lowest BCUT2D eigenvalue weighted by atomic mass is 10.1. The summed E-state index contributed by atoms with van der Waals surface area (Å²) in [5.41, 5.74) is 0.341. The van der Waals surface area contributed by atoms with Crippen molar-refractivity contribution in [2.45, 2.75) is 4.83 Å². The summed E-state index contributed by atoms with van der Waals surface area (Å²) in [6.45, 7) is 0. The van der Waals surface area contributed by atoms with Gasteiger partial charge in [0.1, 0.15) is 0 Å². The van der Waals surface area contributed by atoms with Gasteiger partial charge in [-0.3, -0.25) is 4.79 Å². The van der Waals surface area contributed by atoms with Crippen LogP contribution in [0.1, 0.15) is 0 Å². The van der Waals surface area contributed by atoms with Gasteiger partial charge in [-0.2, -0.15) is 8.78 Å². The first kappa shape index (κ1) is 12.0. The molecule has 0 bridgehead atoms. The molecule has 1 amide bonds. The zero-order valence-corrected chi connectivity index (χ0v) is 10.2. The Morgan fingerprint density at radius 3 is 2.41 bits per heavy atom. The van der Waals surface area contributed by atoms with E-state index in [9.17, 15) is 13.6 Å². The Morgan fingerprint density at radius 1 is 1.12 bits per heavy atom. The molecule has 2 rings (SSSR count). The minimum absolute atomic E-state index is 0.341. The van der Waals surface area contributed by atoms with Crippen molar-refractivity contribution >= 4 is 38.3 Å². The van der Waals surface area contributed by atoms with Gasteiger partial charge < -0.3 is 5.32 Å². The number of anilines is 1. The highest BCUT2D eigenvalue weighted by Crippen LogP contribution is 2.25. The van der Waals surface area contributed by atoms with Crippen molar-refractivity contribution < 1.29 is 13.6 Å². The summed E-state index contributed by atoms with van der Waals surface area (Å²) < 4.78 is 25.2. The second-order valence-corrected chi connectivity index (χ2v) is 4.51. The summed E-state index contributed by atoms with van der Waals surface area (Å²) in [7, 11) is 0. The topological polar surface area (TPSA) is 29.1 Å². The Hall–Kier alpha value is -1.49. The highest BCUT2D eigenvalue weighted by molar-refractivity contribution is 9.10. The number of halogens is 3. The molecule has 2 nitrogen and oxygen atoms in total. The number of fused-ring (bicyclic) bond motifs is 1. The molecule has 0 aliphatic rings. The van der Waals surface area contributed by atoms with Gasteiger partial charge in [0, 0.05) is 21.6 Å². The lowest BCUT2D eigenvalue weighted by Crippen LogP contribution is -2.28. The van der Waals surface area contributed by atoms with Crippen molar-refractivity contribution in [2.24, 2.45) is 0 Å². The molecule has 0 atom stereocenters. The Labute approximate surface area is 105 Å². The zero-order chi connectivity index (χ0) is 12.5. The highest BCUT2D eigenvalue weighted by Gasteiger charge is 2.34. The van der Waals surface area contributed by atoms with E-state index in [2.05, 4.69) is 5.32 Å². The predicted molar refractivity (Wildman–Crippen MR) is 66.5 cm³/mol. The van der Waals surface area contributed by atoms with Crippen LogP contribution in [0.15, 0.2) is 42.5 Å². The molecule has 0 aromatic heterocycles. The van der Waals surface area contributed by atoms with Gasteiger partial charge in [-0.25, -0.2) is 0 Å². The maximum atomic E-state index is 12.6. The number of hydrogen-bond acceptors (Lipinski definition) is 1. The molecule has 0 fully saturated rings. The number of alkyl halides is 3. The number of carbonyl (C=O) groups is 1. The molecule has 0 aliphatic carbocycles. The van der Waals surface area contributed by atoms with Gasteiger partial charge in [-0.1, -0.05) is 30.3 Å². The quantitative estimate of drug-likeness (QED) is 0.841. The molecule has 0 radical (unpaired) electrons. The smallest absolute Gasteiger partial charge is 0.320 e. The Balaban J connectivity index is 2.29. The largest absolute Gasteiger partial charge is 0.378 e. The Bertz CT molecular complexity index is 566. The molecule has 17 heavy (non-hydrogen) atoms. The molecule has 0 unspecified atom stereocenters. The van der Waals surface area contributed by atoms with E-state index in [0.717, 1.165) is 10.8 Å². The summed E-state index contributed by atoms with van der Waals surface area (Å²) in [6.07, 6.45) is 0. The number of carbonyl (C=O) groups excluding carboxylic acids is 1. The monoisotopic (exact) mass is 299 g/mol. The zero-order valence-electron chi connectivity index (χ0n) is 8.58. The highest BCUT2D eigenvalue weighted by atomic mass is 79.9. The van der Waals surface area contributed by atoms with E-state index in [4.69, 9.17) is 0 Å². The molecular weight excluding hydrogens is 292 g/mol. The third-order valence-corrected chi connectivity index (χ3v) is 2.62. The molecule has 0 saturated carbocycles. The maximum absolute atomic E-state index is 12.6. The van der Waals surface area contributed by atoms with Crippen LogP contribution in [-0.2, 0) is 4.79 Å².